The predicted octanol–water partition coefficient (Wildman–Crippen LogP) is 4.00. The van der Waals surface area contributed by atoms with Crippen LogP contribution in [-0.4, -0.2) is 33.2 Å². The van der Waals surface area contributed by atoms with Gasteiger partial charge in [0.15, 0.2) is 5.69 Å². The van der Waals surface area contributed by atoms with E-state index in [0.29, 0.717) is 4.68 Å². The van der Waals surface area contributed by atoms with Crippen molar-refractivity contribution in [3.05, 3.63) is 17.0 Å². The summed E-state index contributed by atoms with van der Waals surface area (Å²) in [6, 6.07) is -1.20. The molecule has 0 aliphatic heterocycles. The average molecular weight is 364 g/mol. The van der Waals surface area contributed by atoms with E-state index in [2.05, 4.69) is 5.10 Å². The summed E-state index contributed by atoms with van der Waals surface area (Å²) in [5.41, 5.74) is -4.28. The summed E-state index contributed by atoms with van der Waals surface area (Å²) in [6.45, 7) is 0. The van der Waals surface area contributed by atoms with Gasteiger partial charge in [0.1, 0.15) is 18.4 Å². The van der Waals surface area contributed by atoms with Gasteiger partial charge in [0.25, 0.3) is 0 Å². The Morgan fingerprint density at radius 3 is 2.25 bits per heavy atom. The zero-order chi connectivity index (χ0) is 18.0. The SMILES string of the molecule is O[C@H]1c2c(C(F)(F)F)nn([C@H]3CC[C@H](F)[C@H](F)C3)c2[C@@H](F)C1(F)F. The molecule has 3 nitrogen and oxygen atoms in total. The highest BCUT2D eigenvalue weighted by atomic mass is 19.4. The van der Waals surface area contributed by atoms with Gasteiger partial charge < -0.3 is 5.11 Å². The number of aliphatic hydroxyl groups is 1. The lowest BCUT2D eigenvalue weighted by molar-refractivity contribution is -0.157. The van der Waals surface area contributed by atoms with E-state index in [1.807, 2.05) is 0 Å². The zero-order valence-corrected chi connectivity index (χ0v) is 11.9. The average Bonchev–Trinajstić information content (AvgIpc) is 2.94. The quantitative estimate of drug-likeness (QED) is 0.765. The molecule has 1 fully saturated rings. The number of rotatable bonds is 1. The van der Waals surface area contributed by atoms with Gasteiger partial charge in [-0.05, 0) is 12.8 Å². The Balaban J connectivity index is 2.11. The van der Waals surface area contributed by atoms with E-state index in [1.165, 1.54) is 0 Å². The molecule has 0 saturated heterocycles. The van der Waals surface area contributed by atoms with Gasteiger partial charge in [-0.3, -0.25) is 4.68 Å². The van der Waals surface area contributed by atoms with Crippen molar-refractivity contribution in [2.24, 2.45) is 0 Å². The highest BCUT2D eigenvalue weighted by molar-refractivity contribution is 5.40. The molecule has 2 aliphatic rings. The minimum atomic E-state index is -5.21. The van der Waals surface area contributed by atoms with Crippen LogP contribution in [0.2, 0.25) is 0 Å². The lowest BCUT2D eigenvalue weighted by atomic mass is 9.92. The van der Waals surface area contributed by atoms with Crippen molar-refractivity contribution in [1.29, 1.82) is 0 Å². The number of hydrogen-bond acceptors (Lipinski definition) is 2. The van der Waals surface area contributed by atoms with Crippen molar-refractivity contribution in [3.8, 4) is 0 Å². The van der Waals surface area contributed by atoms with Crippen LogP contribution >= 0.6 is 0 Å². The predicted molar refractivity (Wildman–Crippen MR) is 63.7 cm³/mol. The van der Waals surface area contributed by atoms with Crippen molar-refractivity contribution in [3.63, 3.8) is 0 Å². The first-order chi connectivity index (χ1) is 11.0. The number of hydrogen-bond donors (Lipinski definition) is 1. The Morgan fingerprint density at radius 1 is 1.08 bits per heavy atom. The van der Waals surface area contributed by atoms with E-state index in [0.717, 1.165) is 0 Å². The van der Waals surface area contributed by atoms with Gasteiger partial charge in [0.2, 0.25) is 6.17 Å². The van der Waals surface area contributed by atoms with Gasteiger partial charge in [0.05, 0.1) is 11.7 Å². The van der Waals surface area contributed by atoms with Crippen LogP contribution in [0.5, 0.6) is 0 Å². The smallest absolute Gasteiger partial charge is 0.382 e. The summed E-state index contributed by atoms with van der Waals surface area (Å²) in [5, 5.41) is 12.6. The summed E-state index contributed by atoms with van der Waals surface area (Å²) in [5.74, 6) is -4.46. The number of halogens is 8. The normalized spacial score (nSPS) is 36.0. The monoisotopic (exact) mass is 364 g/mol. The number of aromatic nitrogens is 2. The van der Waals surface area contributed by atoms with Gasteiger partial charge >= 0.3 is 12.1 Å². The fraction of sp³-hybridized carbons (Fsp3) is 0.769. The van der Waals surface area contributed by atoms with Crippen LogP contribution in [0.15, 0.2) is 0 Å². The molecule has 11 heteroatoms. The number of fused-ring (bicyclic) bond motifs is 1. The van der Waals surface area contributed by atoms with Gasteiger partial charge in [-0.2, -0.15) is 27.1 Å². The van der Waals surface area contributed by atoms with Crippen molar-refractivity contribution < 1.29 is 40.2 Å². The van der Waals surface area contributed by atoms with Crippen molar-refractivity contribution in [2.75, 3.05) is 0 Å². The molecule has 0 radical (unpaired) electrons. The first kappa shape index (κ1) is 17.4. The summed E-state index contributed by atoms with van der Waals surface area (Å²) in [6.07, 6.45) is -16.4. The summed E-state index contributed by atoms with van der Waals surface area (Å²) in [4.78, 5) is 0. The van der Waals surface area contributed by atoms with E-state index in [4.69, 9.17) is 0 Å². The lowest BCUT2D eigenvalue weighted by Gasteiger charge is -2.29. The van der Waals surface area contributed by atoms with Crippen molar-refractivity contribution >= 4 is 0 Å². The van der Waals surface area contributed by atoms with Gasteiger partial charge in [0, 0.05) is 12.0 Å². The Morgan fingerprint density at radius 2 is 1.71 bits per heavy atom. The topological polar surface area (TPSA) is 38.1 Å². The zero-order valence-electron chi connectivity index (χ0n) is 11.9. The minimum absolute atomic E-state index is 0.179. The van der Waals surface area contributed by atoms with E-state index < -0.39 is 66.1 Å². The van der Waals surface area contributed by atoms with Crippen LogP contribution in [0.3, 0.4) is 0 Å². The fourth-order valence-corrected chi connectivity index (χ4v) is 3.26. The molecule has 5 atom stereocenters. The van der Waals surface area contributed by atoms with Crippen molar-refractivity contribution in [1.82, 2.24) is 9.78 Å². The molecule has 1 aromatic heterocycles. The Labute approximate surface area is 130 Å². The third-order valence-electron chi connectivity index (χ3n) is 4.48. The maximum absolute atomic E-state index is 14.0. The highest BCUT2D eigenvalue weighted by Gasteiger charge is 2.62. The van der Waals surface area contributed by atoms with Crippen LogP contribution in [0.4, 0.5) is 35.1 Å². The van der Waals surface area contributed by atoms with Gasteiger partial charge in [-0.15, -0.1) is 0 Å². The van der Waals surface area contributed by atoms with Gasteiger partial charge in [-0.25, -0.2) is 13.2 Å². The van der Waals surface area contributed by atoms with E-state index in [1.54, 1.807) is 0 Å². The second kappa shape index (κ2) is 5.30. The van der Waals surface area contributed by atoms with Crippen LogP contribution in [0.1, 0.15) is 54.5 Å². The van der Waals surface area contributed by atoms with E-state index in [9.17, 15) is 40.2 Å². The molecule has 0 unspecified atom stereocenters. The van der Waals surface area contributed by atoms with E-state index in [-0.39, 0.29) is 12.8 Å². The molecule has 0 bridgehead atoms. The molecule has 3 rings (SSSR count). The molecular weight excluding hydrogens is 352 g/mol. The molecule has 24 heavy (non-hydrogen) atoms. The van der Waals surface area contributed by atoms with Gasteiger partial charge in [-0.1, -0.05) is 0 Å². The lowest BCUT2D eigenvalue weighted by Crippen LogP contribution is -2.32. The second-order valence-corrected chi connectivity index (χ2v) is 6.03. The minimum Gasteiger partial charge on any atom is -0.382 e. The first-order valence-electron chi connectivity index (χ1n) is 7.13. The Bertz CT molecular complexity index is 643. The number of alkyl halides is 8. The molecular formula is C13H12F8N2O. The third-order valence-corrected chi connectivity index (χ3v) is 4.48. The largest absolute Gasteiger partial charge is 0.435 e. The van der Waals surface area contributed by atoms with Crippen LogP contribution in [0, 0.1) is 0 Å². The Kier molecular flexibility index (Phi) is 3.85. The van der Waals surface area contributed by atoms with Crippen molar-refractivity contribution in [2.45, 2.75) is 62.0 Å². The number of aliphatic hydroxyl groups excluding tert-OH is 1. The maximum atomic E-state index is 14.0. The molecule has 1 N–H and O–H groups in total. The molecule has 2 aliphatic carbocycles. The molecule has 136 valence electrons. The molecule has 0 spiro atoms. The van der Waals surface area contributed by atoms with Crippen LogP contribution < -0.4 is 0 Å². The first-order valence-corrected chi connectivity index (χ1v) is 7.13. The summed E-state index contributed by atoms with van der Waals surface area (Å²) in [7, 11) is 0. The summed E-state index contributed by atoms with van der Waals surface area (Å²) < 4.78 is 107. The molecule has 0 aromatic carbocycles. The highest BCUT2D eigenvalue weighted by Crippen LogP contribution is 2.56. The molecule has 1 saturated carbocycles. The molecule has 1 aromatic rings. The van der Waals surface area contributed by atoms with E-state index >= 15 is 0 Å². The molecule has 0 amide bonds. The standard InChI is InChI=1S/C13H12F8N2O/c14-5-2-1-4(3-6(5)15)23-8-7(10(22-23)13(19,20)21)11(24)12(17,18)9(8)16/h4-6,9,11,24H,1-3H2/t4-,5-,6+,9+,11-/m0/s1. The van der Waals surface area contributed by atoms with Crippen LogP contribution in [-0.2, 0) is 6.18 Å². The number of nitrogens with zero attached hydrogens (tertiary/aromatic N) is 2. The third kappa shape index (κ3) is 2.39. The van der Waals surface area contributed by atoms with Crippen LogP contribution in [0.25, 0.3) is 0 Å². The second-order valence-electron chi connectivity index (χ2n) is 6.03. The molecule has 1 heterocycles. The maximum Gasteiger partial charge on any atom is 0.435 e. The Hall–Kier alpha value is -1.39. The fourth-order valence-electron chi connectivity index (χ4n) is 3.26. The summed E-state index contributed by atoms with van der Waals surface area (Å²) >= 11 is 0.